The maximum Gasteiger partial charge on any atom is 0.334 e. The second kappa shape index (κ2) is 5.56. The number of hydrogen-bond acceptors (Lipinski definition) is 5. The summed E-state index contributed by atoms with van der Waals surface area (Å²) in [6, 6.07) is 5.28. The Labute approximate surface area is 153 Å². The van der Waals surface area contributed by atoms with E-state index in [-0.39, 0.29) is 5.57 Å². The molecule has 1 aromatic rings. The zero-order chi connectivity index (χ0) is 18.6. The molecule has 0 aromatic heterocycles. The third-order valence-corrected chi connectivity index (χ3v) is 5.32. The number of ether oxygens (including phenoxy) is 2. The van der Waals surface area contributed by atoms with Gasteiger partial charge in [0.25, 0.3) is 0 Å². The number of amides is 1. The van der Waals surface area contributed by atoms with Crippen molar-refractivity contribution in [2.45, 2.75) is 17.9 Å². The molecule has 6 nitrogen and oxygen atoms in total. The zero-order valence-electron chi connectivity index (χ0n) is 14.0. The molecule has 130 valence electrons. The highest BCUT2D eigenvalue weighted by Crippen LogP contribution is 2.55. The summed E-state index contributed by atoms with van der Waals surface area (Å²) in [7, 11) is 2.82. The monoisotopic (exact) mass is 405 g/mol. The standard InChI is InChI=1S/C18H16BrNO5/c1-10(15(22)24-4)18(17(2)8-7-14(21)25-17)12-9-11(19)5-6-13(12)20(3)16(18)23/h5-9H,1H2,2-4H3/t17-,18+/m0/s1. The van der Waals surface area contributed by atoms with Crippen molar-refractivity contribution < 1.29 is 23.9 Å². The number of halogens is 1. The fourth-order valence-electron chi connectivity index (χ4n) is 3.63. The third-order valence-electron chi connectivity index (χ3n) is 4.83. The summed E-state index contributed by atoms with van der Waals surface area (Å²) >= 11 is 3.40. The predicted octanol–water partition coefficient (Wildman–Crippen LogP) is 2.26. The van der Waals surface area contributed by atoms with Gasteiger partial charge in [-0.1, -0.05) is 22.5 Å². The maximum atomic E-state index is 13.4. The minimum Gasteiger partial charge on any atom is -0.466 e. The quantitative estimate of drug-likeness (QED) is 0.569. The van der Waals surface area contributed by atoms with Crippen molar-refractivity contribution in [2.75, 3.05) is 19.1 Å². The van der Waals surface area contributed by atoms with E-state index in [0.29, 0.717) is 15.7 Å². The van der Waals surface area contributed by atoms with Crippen LogP contribution in [-0.2, 0) is 29.3 Å². The lowest BCUT2D eigenvalue weighted by Crippen LogP contribution is -2.57. The molecule has 0 saturated heterocycles. The van der Waals surface area contributed by atoms with E-state index in [9.17, 15) is 14.4 Å². The predicted molar refractivity (Wildman–Crippen MR) is 94.0 cm³/mol. The van der Waals surface area contributed by atoms with Crippen molar-refractivity contribution in [3.8, 4) is 0 Å². The van der Waals surface area contributed by atoms with Crippen LogP contribution in [0.2, 0.25) is 0 Å². The van der Waals surface area contributed by atoms with Gasteiger partial charge in [-0.15, -0.1) is 0 Å². The molecule has 1 amide bonds. The van der Waals surface area contributed by atoms with Gasteiger partial charge in [-0.2, -0.15) is 0 Å². The summed E-state index contributed by atoms with van der Waals surface area (Å²) in [5.74, 6) is -1.75. The number of benzene rings is 1. The van der Waals surface area contributed by atoms with E-state index in [1.54, 1.807) is 32.2 Å². The van der Waals surface area contributed by atoms with Gasteiger partial charge < -0.3 is 14.4 Å². The topological polar surface area (TPSA) is 72.9 Å². The first-order valence-corrected chi connectivity index (χ1v) is 8.26. The van der Waals surface area contributed by atoms with E-state index in [1.807, 2.05) is 0 Å². The molecule has 7 heteroatoms. The Morgan fingerprint density at radius 3 is 2.60 bits per heavy atom. The SMILES string of the molecule is C=C(C(=O)OC)[C@]1([C@]2(C)C=CC(=O)O2)C(=O)N(C)c2ccc(Br)cc21. The molecule has 1 aromatic carbocycles. The van der Waals surface area contributed by atoms with E-state index < -0.39 is 28.9 Å². The first kappa shape index (κ1) is 17.4. The Kier molecular flexibility index (Phi) is 3.87. The van der Waals surface area contributed by atoms with E-state index >= 15 is 0 Å². The number of likely N-dealkylation sites (N-methyl/N-ethyl adjacent to an activating group) is 1. The van der Waals surface area contributed by atoms with Gasteiger partial charge in [0, 0.05) is 28.8 Å². The van der Waals surface area contributed by atoms with Gasteiger partial charge in [-0.25, -0.2) is 9.59 Å². The van der Waals surface area contributed by atoms with Crippen LogP contribution in [0, 0.1) is 0 Å². The van der Waals surface area contributed by atoms with Crippen molar-refractivity contribution in [3.05, 3.63) is 52.5 Å². The summed E-state index contributed by atoms with van der Waals surface area (Å²) in [4.78, 5) is 39.0. The Hall–Kier alpha value is -2.41. The molecule has 0 spiro atoms. The molecule has 0 radical (unpaired) electrons. The number of cyclic esters (lactones) is 1. The third kappa shape index (κ3) is 2.12. The molecule has 2 atom stereocenters. The number of methoxy groups -OCH3 is 1. The van der Waals surface area contributed by atoms with Crippen LogP contribution in [0.4, 0.5) is 5.69 Å². The van der Waals surface area contributed by atoms with Crippen molar-refractivity contribution in [3.63, 3.8) is 0 Å². The normalized spacial score (nSPS) is 27.3. The smallest absolute Gasteiger partial charge is 0.334 e. The van der Waals surface area contributed by atoms with Crippen molar-refractivity contribution >= 4 is 39.5 Å². The van der Waals surface area contributed by atoms with Crippen LogP contribution in [0.3, 0.4) is 0 Å². The fourth-order valence-corrected chi connectivity index (χ4v) is 3.99. The van der Waals surface area contributed by atoms with Gasteiger partial charge in [0.15, 0.2) is 11.0 Å². The molecule has 0 unspecified atom stereocenters. The van der Waals surface area contributed by atoms with Gasteiger partial charge in [0.1, 0.15) is 0 Å². The molecule has 2 heterocycles. The van der Waals surface area contributed by atoms with E-state index in [4.69, 9.17) is 9.47 Å². The van der Waals surface area contributed by atoms with Crippen LogP contribution in [0.1, 0.15) is 12.5 Å². The summed E-state index contributed by atoms with van der Waals surface area (Å²) in [5.41, 5.74) is -1.99. The molecule has 3 rings (SSSR count). The Bertz CT molecular complexity index is 861. The Balaban J connectivity index is 2.38. The summed E-state index contributed by atoms with van der Waals surface area (Å²) in [6.45, 7) is 5.43. The zero-order valence-corrected chi connectivity index (χ0v) is 15.5. The molecule has 0 fully saturated rings. The van der Waals surface area contributed by atoms with Gasteiger partial charge in [0.2, 0.25) is 5.91 Å². The van der Waals surface area contributed by atoms with Crippen molar-refractivity contribution in [2.24, 2.45) is 0 Å². The lowest BCUT2D eigenvalue weighted by atomic mass is 9.64. The van der Waals surface area contributed by atoms with Crippen LogP contribution in [0.5, 0.6) is 0 Å². The largest absolute Gasteiger partial charge is 0.466 e. The second-order valence-corrected chi connectivity index (χ2v) is 7.02. The number of rotatable bonds is 3. The molecule has 0 saturated carbocycles. The van der Waals surface area contributed by atoms with Gasteiger partial charge >= 0.3 is 11.9 Å². The highest BCUT2D eigenvalue weighted by molar-refractivity contribution is 9.10. The van der Waals surface area contributed by atoms with Crippen molar-refractivity contribution in [1.29, 1.82) is 0 Å². The van der Waals surface area contributed by atoms with Gasteiger partial charge in [-0.3, -0.25) is 4.79 Å². The van der Waals surface area contributed by atoms with Gasteiger partial charge in [0.05, 0.1) is 12.7 Å². The average Bonchev–Trinajstić information content (AvgIpc) is 3.03. The lowest BCUT2D eigenvalue weighted by molar-refractivity contribution is -0.154. The van der Waals surface area contributed by atoms with Gasteiger partial charge in [-0.05, 0) is 31.2 Å². The van der Waals surface area contributed by atoms with Crippen molar-refractivity contribution in [1.82, 2.24) is 0 Å². The molecule has 0 N–H and O–H groups in total. The second-order valence-electron chi connectivity index (χ2n) is 6.11. The Morgan fingerprint density at radius 1 is 1.36 bits per heavy atom. The molecular formula is C18H16BrNO5. The van der Waals surface area contributed by atoms with Crippen LogP contribution in [-0.4, -0.2) is 37.6 Å². The minimum atomic E-state index is -1.61. The lowest BCUT2D eigenvalue weighted by Gasteiger charge is -2.40. The van der Waals surface area contributed by atoms with E-state index in [0.717, 1.165) is 0 Å². The van der Waals surface area contributed by atoms with E-state index in [2.05, 4.69) is 22.5 Å². The van der Waals surface area contributed by atoms with E-state index in [1.165, 1.54) is 24.2 Å². The number of carbonyl (C=O) groups is 3. The first-order valence-electron chi connectivity index (χ1n) is 7.47. The number of carbonyl (C=O) groups excluding carboxylic acids is 3. The maximum absolute atomic E-state index is 13.4. The highest BCUT2D eigenvalue weighted by atomic mass is 79.9. The van der Waals surface area contributed by atoms with Crippen LogP contribution in [0.15, 0.2) is 47.0 Å². The number of fused-ring (bicyclic) bond motifs is 1. The molecule has 0 aliphatic carbocycles. The van der Waals surface area contributed by atoms with Crippen LogP contribution < -0.4 is 4.90 Å². The summed E-state index contributed by atoms with van der Waals surface area (Å²) < 4.78 is 11.0. The first-order chi connectivity index (χ1) is 11.7. The van der Waals surface area contributed by atoms with Crippen LogP contribution >= 0.6 is 15.9 Å². The molecule has 25 heavy (non-hydrogen) atoms. The number of nitrogens with zero attached hydrogens (tertiary/aromatic N) is 1. The molecule has 0 bridgehead atoms. The van der Waals surface area contributed by atoms with Crippen LogP contribution in [0.25, 0.3) is 0 Å². The summed E-state index contributed by atoms with van der Waals surface area (Å²) in [6.07, 6.45) is 2.74. The summed E-state index contributed by atoms with van der Waals surface area (Å²) in [5, 5.41) is 0. The number of hydrogen-bond donors (Lipinski definition) is 0. The number of esters is 2. The molecular weight excluding hydrogens is 390 g/mol. The highest BCUT2D eigenvalue weighted by Gasteiger charge is 2.66. The minimum absolute atomic E-state index is 0.0921. The number of anilines is 1. The Morgan fingerprint density at radius 2 is 2.04 bits per heavy atom. The molecule has 2 aliphatic heterocycles. The average molecular weight is 406 g/mol. The fraction of sp³-hybridized carbons (Fsp3) is 0.278. The molecule has 2 aliphatic rings.